The lowest BCUT2D eigenvalue weighted by atomic mass is 10.1. The molecule has 0 saturated carbocycles. The van der Waals surface area contributed by atoms with Crippen LogP contribution in [0, 0.1) is 5.82 Å². The van der Waals surface area contributed by atoms with Crippen molar-refractivity contribution < 1.29 is 28.2 Å². The Morgan fingerprint density at radius 2 is 1.81 bits per heavy atom. The molecule has 6 nitrogen and oxygen atoms in total. The molecule has 0 atom stereocenters. The second-order valence-electron chi connectivity index (χ2n) is 6.48. The number of ether oxygens (including phenoxy) is 3. The van der Waals surface area contributed by atoms with Crippen LogP contribution in [-0.2, 0) is 9.53 Å². The molecule has 1 heterocycles. The average molecular weight is 417 g/mol. The van der Waals surface area contributed by atoms with Crippen LogP contribution in [0.3, 0.4) is 0 Å². The number of para-hydroxylation sites is 1. The van der Waals surface area contributed by atoms with E-state index in [9.17, 15) is 14.0 Å². The second kappa shape index (κ2) is 8.62. The highest BCUT2D eigenvalue weighted by molar-refractivity contribution is 6.13. The summed E-state index contributed by atoms with van der Waals surface area (Å²) in [5.41, 5.74) is 1.01. The summed E-state index contributed by atoms with van der Waals surface area (Å²) in [5.74, 6) is -1.25. The van der Waals surface area contributed by atoms with Crippen molar-refractivity contribution in [1.29, 1.82) is 0 Å². The van der Waals surface area contributed by atoms with Crippen molar-refractivity contribution in [2.24, 2.45) is 4.99 Å². The lowest BCUT2D eigenvalue weighted by Gasteiger charge is -2.06. The third-order valence-electron chi connectivity index (χ3n) is 4.42. The van der Waals surface area contributed by atoms with E-state index in [1.54, 1.807) is 48.5 Å². The van der Waals surface area contributed by atoms with Gasteiger partial charge in [-0.2, -0.15) is 0 Å². The zero-order valence-corrected chi connectivity index (χ0v) is 16.4. The van der Waals surface area contributed by atoms with E-state index in [-0.39, 0.29) is 22.9 Å². The van der Waals surface area contributed by atoms with Crippen molar-refractivity contribution in [2.75, 3.05) is 7.11 Å². The Labute approximate surface area is 177 Å². The topological polar surface area (TPSA) is 74.2 Å². The van der Waals surface area contributed by atoms with Crippen LogP contribution in [0.4, 0.5) is 4.39 Å². The summed E-state index contributed by atoms with van der Waals surface area (Å²) in [7, 11) is 1.51. The number of hydrogen-bond acceptors (Lipinski definition) is 6. The second-order valence-corrected chi connectivity index (χ2v) is 6.48. The molecular weight excluding hydrogens is 401 g/mol. The van der Waals surface area contributed by atoms with Crippen molar-refractivity contribution in [3.8, 4) is 11.5 Å². The maximum atomic E-state index is 13.8. The third-order valence-corrected chi connectivity index (χ3v) is 4.42. The number of nitrogens with zero attached hydrogens (tertiary/aromatic N) is 1. The fraction of sp³-hybridized carbons (Fsp3) is 0.0417. The van der Waals surface area contributed by atoms with Gasteiger partial charge in [0.05, 0.1) is 18.2 Å². The number of carbonyl (C=O) groups is 2. The zero-order chi connectivity index (χ0) is 21.8. The van der Waals surface area contributed by atoms with Crippen molar-refractivity contribution in [1.82, 2.24) is 0 Å². The summed E-state index contributed by atoms with van der Waals surface area (Å²) in [6.45, 7) is 0. The average Bonchev–Trinajstić information content (AvgIpc) is 3.14. The molecule has 154 valence electrons. The van der Waals surface area contributed by atoms with Crippen LogP contribution in [0.25, 0.3) is 6.08 Å². The first-order valence-electron chi connectivity index (χ1n) is 9.28. The van der Waals surface area contributed by atoms with Gasteiger partial charge in [0.2, 0.25) is 5.90 Å². The summed E-state index contributed by atoms with van der Waals surface area (Å²) < 4.78 is 29.6. The molecular formula is C24H16FNO5. The monoisotopic (exact) mass is 417 g/mol. The van der Waals surface area contributed by atoms with E-state index in [1.807, 2.05) is 0 Å². The van der Waals surface area contributed by atoms with Crippen LogP contribution >= 0.6 is 0 Å². The van der Waals surface area contributed by atoms with Crippen molar-refractivity contribution in [3.63, 3.8) is 0 Å². The summed E-state index contributed by atoms with van der Waals surface area (Å²) in [6.07, 6.45) is 1.51. The van der Waals surface area contributed by atoms with Gasteiger partial charge in [0.25, 0.3) is 0 Å². The molecule has 3 aromatic carbocycles. The number of benzene rings is 3. The predicted octanol–water partition coefficient (Wildman–Crippen LogP) is 4.40. The van der Waals surface area contributed by atoms with Gasteiger partial charge in [0.1, 0.15) is 17.3 Å². The Balaban J connectivity index is 1.58. The number of carbonyl (C=O) groups excluding carboxylic acids is 2. The van der Waals surface area contributed by atoms with Gasteiger partial charge in [-0.1, -0.05) is 36.4 Å². The molecule has 4 rings (SSSR count). The molecule has 31 heavy (non-hydrogen) atoms. The fourth-order valence-corrected chi connectivity index (χ4v) is 2.96. The zero-order valence-electron chi connectivity index (χ0n) is 16.4. The van der Waals surface area contributed by atoms with Crippen molar-refractivity contribution in [3.05, 3.63) is 101 Å². The molecule has 0 amide bonds. The summed E-state index contributed by atoms with van der Waals surface area (Å²) in [4.78, 5) is 28.8. The maximum absolute atomic E-state index is 13.8. The number of esters is 2. The molecule has 0 unspecified atom stereocenters. The van der Waals surface area contributed by atoms with E-state index in [4.69, 9.17) is 14.2 Å². The minimum atomic E-state index is -0.820. The van der Waals surface area contributed by atoms with Crippen molar-refractivity contribution in [2.45, 2.75) is 0 Å². The van der Waals surface area contributed by atoms with E-state index in [0.29, 0.717) is 16.9 Å². The number of hydrogen-bond donors (Lipinski definition) is 0. The molecule has 0 N–H and O–H groups in total. The molecule has 0 aromatic heterocycles. The van der Waals surface area contributed by atoms with E-state index in [1.165, 1.54) is 37.5 Å². The molecule has 1 aliphatic heterocycles. The van der Waals surface area contributed by atoms with Gasteiger partial charge < -0.3 is 14.2 Å². The number of methoxy groups -OCH3 is 1. The third kappa shape index (κ3) is 4.35. The first-order chi connectivity index (χ1) is 15.0. The van der Waals surface area contributed by atoms with Crippen LogP contribution in [0.1, 0.15) is 21.5 Å². The molecule has 1 aliphatic rings. The van der Waals surface area contributed by atoms with Crippen LogP contribution in [-0.4, -0.2) is 24.9 Å². The Morgan fingerprint density at radius 1 is 1.03 bits per heavy atom. The lowest BCUT2D eigenvalue weighted by molar-refractivity contribution is -0.129. The normalized spacial score (nSPS) is 14.2. The number of cyclic esters (lactones) is 1. The molecule has 0 bridgehead atoms. The molecule has 3 aromatic rings. The van der Waals surface area contributed by atoms with Crippen LogP contribution in [0.15, 0.2) is 83.5 Å². The Bertz CT molecular complexity index is 1230. The van der Waals surface area contributed by atoms with E-state index >= 15 is 0 Å². The van der Waals surface area contributed by atoms with Crippen molar-refractivity contribution >= 4 is 23.9 Å². The van der Waals surface area contributed by atoms with Gasteiger partial charge in [0.15, 0.2) is 5.70 Å². The van der Waals surface area contributed by atoms with Crippen LogP contribution in [0.2, 0.25) is 0 Å². The molecule has 0 radical (unpaired) electrons. The van der Waals surface area contributed by atoms with Crippen LogP contribution in [0.5, 0.6) is 11.5 Å². The maximum Gasteiger partial charge on any atom is 0.363 e. The summed E-state index contributed by atoms with van der Waals surface area (Å²) in [5, 5.41) is 0. The summed E-state index contributed by atoms with van der Waals surface area (Å²) >= 11 is 0. The highest BCUT2D eigenvalue weighted by atomic mass is 19.1. The molecule has 0 saturated heterocycles. The van der Waals surface area contributed by atoms with Gasteiger partial charge in [-0.05, 0) is 48.0 Å². The Morgan fingerprint density at radius 3 is 2.61 bits per heavy atom. The standard InChI is InChI=1S/C24H16FNO5/c1-29-21-12-5-3-10-18(21)22-26-20(24(28)31-22)14-15-7-6-8-16(13-15)30-23(27)17-9-2-4-11-19(17)25/h2-14H,1H3/b20-14+. The summed E-state index contributed by atoms with van der Waals surface area (Å²) in [6, 6.07) is 19.0. The SMILES string of the molecule is COc1ccccc1C1=N/C(=C/c2cccc(OC(=O)c3ccccc3F)c2)C(=O)O1. The largest absolute Gasteiger partial charge is 0.496 e. The van der Waals surface area contributed by atoms with Gasteiger partial charge in [-0.15, -0.1) is 0 Å². The van der Waals surface area contributed by atoms with Gasteiger partial charge >= 0.3 is 11.9 Å². The van der Waals surface area contributed by atoms with Gasteiger partial charge in [0, 0.05) is 0 Å². The number of halogens is 1. The molecule has 7 heteroatoms. The highest BCUT2D eigenvalue weighted by Gasteiger charge is 2.26. The van der Waals surface area contributed by atoms with Gasteiger partial charge in [-0.3, -0.25) is 0 Å². The number of rotatable bonds is 5. The van der Waals surface area contributed by atoms with Gasteiger partial charge in [-0.25, -0.2) is 19.0 Å². The first-order valence-corrected chi connectivity index (χ1v) is 9.28. The quantitative estimate of drug-likeness (QED) is 0.350. The predicted molar refractivity (Wildman–Crippen MR) is 111 cm³/mol. The number of aliphatic imine (C=N–C) groups is 1. The highest BCUT2D eigenvalue weighted by Crippen LogP contribution is 2.26. The lowest BCUT2D eigenvalue weighted by Crippen LogP contribution is -2.10. The first kappa shape index (κ1) is 20.0. The molecule has 0 aliphatic carbocycles. The Kier molecular flexibility index (Phi) is 5.57. The molecule has 0 spiro atoms. The van der Waals surface area contributed by atoms with E-state index in [0.717, 1.165) is 0 Å². The van der Waals surface area contributed by atoms with E-state index in [2.05, 4.69) is 4.99 Å². The fourth-order valence-electron chi connectivity index (χ4n) is 2.96. The smallest absolute Gasteiger partial charge is 0.363 e. The Hall–Kier alpha value is -4.26. The molecule has 0 fully saturated rings. The van der Waals surface area contributed by atoms with Crippen LogP contribution < -0.4 is 9.47 Å². The minimum Gasteiger partial charge on any atom is -0.496 e. The minimum absolute atomic E-state index is 0.0819. The van der Waals surface area contributed by atoms with E-state index < -0.39 is 17.8 Å².